The van der Waals surface area contributed by atoms with Crippen LogP contribution < -0.4 is 5.73 Å². The van der Waals surface area contributed by atoms with Crippen molar-refractivity contribution in [2.75, 3.05) is 0 Å². The number of amidine groups is 1. The summed E-state index contributed by atoms with van der Waals surface area (Å²) in [5, 5.41) is 0. The topological polar surface area (TPSA) is 64.7 Å². The first kappa shape index (κ1) is 11.2. The van der Waals surface area contributed by atoms with E-state index in [1.807, 2.05) is 0 Å². The zero-order valence-electron chi connectivity index (χ0n) is 8.38. The Morgan fingerprint density at radius 1 is 1.50 bits per heavy atom. The van der Waals surface area contributed by atoms with Crippen molar-refractivity contribution in [3.8, 4) is 0 Å². The van der Waals surface area contributed by atoms with E-state index >= 15 is 0 Å². The molecule has 0 bridgehead atoms. The van der Waals surface area contributed by atoms with Crippen LogP contribution in [0.4, 0.5) is 13.2 Å². The number of nitrogens with zero attached hydrogens (tertiary/aromatic N) is 1. The second kappa shape index (κ2) is 3.36. The number of nitrogens with two attached hydrogens (primary N) is 1. The van der Waals surface area contributed by atoms with Crippen molar-refractivity contribution in [2.45, 2.75) is 37.5 Å². The van der Waals surface area contributed by atoms with E-state index in [0.717, 1.165) is 0 Å². The Labute approximate surface area is 89.7 Å². The smallest absolute Gasteiger partial charge is 0.391 e. The molecule has 4 nitrogen and oxygen atoms in total. The van der Waals surface area contributed by atoms with Crippen molar-refractivity contribution in [2.24, 2.45) is 16.6 Å². The lowest BCUT2D eigenvalue weighted by molar-refractivity contribution is -0.197. The summed E-state index contributed by atoms with van der Waals surface area (Å²) in [6.07, 6.45) is -4.10. The third-order valence-corrected chi connectivity index (χ3v) is 3.07. The first-order chi connectivity index (χ1) is 7.33. The van der Waals surface area contributed by atoms with Crippen LogP contribution in [0, 0.1) is 5.92 Å². The number of amides is 1. The number of rotatable bonds is 0. The van der Waals surface area contributed by atoms with E-state index in [4.69, 9.17) is 10.5 Å². The third-order valence-electron chi connectivity index (χ3n) is 3.07. The molecule has 1 aliphatic carbocycles. The summed E-state index contributed by atoms with van der Waals surface area (Å²) >= 11 is 0. The lowest BCUT2D eigenvalue weighted by Crippen LogP contribution is -2.46. The first-order valence-electron chi connectivity index (χ1n) is 4.98. The Balaban J connectivity index is 2.17. The fourth-order valence-corrected chi connectivity index (χ4v) is 2.27. The van der Waals surface area contributed by atoms with Crippen molar-refractivity contribution in [3.05, 3.63) is 0 Å². The van der Waals surface area contributed by atoms with Gasteiger partial charge in [-0.05, 0) is 19.3 Å². The molecule has 2 atom stereocenters. The normalized spacial score (nSPS) is 35.1. The summed E-state index contributed by atoms with van der Waals surface area (Å²) in [6.45, 7) is 0. The zero-order valence-corrected chi connectivity index (χ0v) is 8.38. The summed E-state index contributed by atoms with van der Waals surface area (Å²) in [6, 6.07) is -0.326. The number of carbonyl (C=O) groups is 1. The molecule has 1 heterocycles. The van der Waals surface area contributed by atoms with Gasteiger partial charge < -0.3 is 10.5 Å². The van der Waals surface area contributed by atoms with Gasteiger partial charge in [0.15, 0.2) is 5.60 Å². The van der Waals surface area contributed by atoms with E-state index < -0.39 is 23.6 Å². The van der Waals surface area contributed by atoms with Crippen LogP contribution in [-0.4, -0.2) is 23.7 Å². The Kier molecular flexibility index (Phi) is 2.36. The minimum absolute atomic E-state index is 0.0296. The molecule has 2 N–H and O–H groups in total. The maximum absolute atomic E-state index is 12.6. The average Bonchev–Trinajstić information content (AvgIpc) is 2.40. The fourth-order valence-electron chi connectivity index (χ4n) is 2.27. The van der Waals surface area contributed by atoms with Crippen molar-refractivity contribution < 1.29 is 22.7 Å². The van der Waals surface area contributed by atoms with Gasteiger partial charge in [0.1, 0.15) is 0 Å². The highest BCUT2D eigenvalue weighted by Crippen LogP contribution is 2.45. The highest BCUT2D eigenvalue weighted by molar-refractivity contribution is 6.00. The predicted molar refractivity (Wildman–Crippen MR) is 48.5 cm³/mol. The largest absolute Gasteiger partial charge is 0.448 e. The van der Waals surface area contributed by atoms with Gasteiger partial charge >= 0.3 is 6.18 Å². The van der Waals surface area contributed by atoms with E-state index in [9.17, 15) is 18.0 Å². The maximum atomic E-state index is 12.6. The Bertz CT molecular complexity index is 353. The Morgan fingerprint density at radius 3 is 2.69 bits per heavy atom. The van der Waals surface area contributed by atoms with Crippen LogP contribution in [0.5, 0.6) is 0 Å². The Hall–Kier alpha value is -1.27. The van der Waals surface area contributed by atoms with Gasteiger partial charge in [-0.1, -0.05) is 0 Å². The van der Waals surface area contributed by atoms with Crippen LogP contribution in [-0.2, 0) is 9.53 Å². The molecule has 1 aliphatic heterocycles. The summed E-state index contributed by atoms with van der Waals surface area (Å²) in [7, 11) is 0. The molecule has 2 aliphatic rings. The molecule has 16 heavy (non-hydrogen) atoms. The molecular formula is C9H11F3N2O2. The minimum Gasteiger partial charge on any atom is -0.448 e. The number of hydrogen-bond acceptors (Lipinski definition) is 3. The van der Waals surface area contributed by atoms with Gasteiger partial charge in [-0.15, -0.1) is 0 Å². The molecular weight excluding hydrogens is 225 g/mol. The Morgan fingerprint density at radius 2 is 2.19 bits per heavy atom. The lowest BCUT2D eigenvalue weighted by Gasteiger charge is -2.35. The van der Waals surface area contributed by atoms with Crippen molar-refractivity contribution in [1.29, 1.82) is 0 Å². The SMILES string of the molecule is NC1=NC(=O)C2(CCCC(C(F)(F)F)C2)O1. The van der Waals surface area contributed by atoms with Gasteiger partial charge in [-0.2, -0.15) is 18.2 Å². The number of halogens is 3. The number of ether oxygens (including phenoxy) is 1. The van der Waals surface area contributed by atoms with Crippen molar-refractivity contribution in [3.63, 3.8) is 0 Å². The highest BCUT2D eigenvalue weighted by atomic mass is 19.4. The molecule has 0 radical (unpaired) electrons. The molecule has 2 unspecified atom stereocenters. The number of carbonyl (C=O) groups excluding carboxylic acids is 1. The van der Waals surface area contributed by atoms with E-state index in [1.165, 1.54) is 0 Å². The summed E-state index contributed by atoms with van der Waals surface area (Å²) < 4.78 is 42.7. The van der Waals surface area contributed by atoms with Crippen molar-refractivity contribution in [1.82, 2.24) is 0 Å². The second-order valence-electron chi connectivity index (χ2n) is 4.19. The maximum Gasteiger partial charge on any atom is 0.391 e. The lowest BCUT2D eigenvalue weighted by atomic mass is 9.77. The van der Waals surface area contributed by atoms with Crippen LogP contribution >= 0.6 is 0 Å². The van der Waals surface area contributed by atoms with E-state index in [1.54, 1.807) is 0 Å². The third kappa shape index (κ3) is 1.74. The van der Waals surface area contributed by atoms with Crippen LogP contribution in [0.2, 0.25) is 0 Å². The zero-order chi connectivity index (χ0) is 12.0. The van der Waals surface area contributed by atoms with Gasteiger partial charge in [-0.3, -0.25) is 4.79 Å². The molecule has 1 fully saturated rings. The molecule has 1 amide bonds. The molecule has 0 aromatic heterocycles. The molecule has 1 saturated carbocycles. The predicted octanol–water partition coefficient (Wildman–Crippen LogP) is 1.35. The second-order valence-corrected chi connectivity index (χ2v) is 4.19. The van der Waals surface area contributed by atoms with Gasteiger partial charge in [0, 0.05) is 6.42 Å². The molecule has 0 saturated heterocycles. The van der Waals surface area contributed by atoms with E-state index in [0.29, 0.717) is 6.42 Å². The monoisotopic (exact) mass is 236 g/mol. The van der Waals surface area contributed by atoms with Gasteiger partial charge in [0.05, 0.1) is 5.92 Å². The standard InChI is InChI=1S/C9H11F3N2O2/c10-9(11,12)5-2-1-3-8(4-5)6(15)14-7(13)16-8/h5H,1-4H2,(H2,13,14,15). The van der Waals surface area contributed by atoms with Crippen LogP contribution in [0.1, 0.15) is 25.7 Å². The molecule has 0 aromatic rings. The van der Waals surface area contributed by atoms with Crippen molar-refractivity contribution >= 4 is 11.9 Å². The van der Waals surface area contributed by atoms with Gasteiger partial charge in [0.2, 0.25) is 0 Å². The van der Waals surface area contributed by atoms with Gasteiger partial charge in [-0.25, -0.2) is 0 Å². The van der Waals surface area contributed by atoms with Gasteiger partial charge in [0.25, 0.3) is 11.9 Å². The average molecular weight is 236 g/mol. The minimum atomic E-state index is -4.30. The number of aliphatic imine (C=N–C) groups is 1. The molecule has 90 valence electrons. The molecule has 7 heteroatoms. The number of hydrogen-bond donors (Lipinski definition) is 1. The van der Waals surface area contributed by atoms with Crippen LogP contribution in [0.15, 0.2) is 4.99 Å². The summed E-state index contributed by atoms with van der Waals surface area (Å²) in [5.74, 6) is -2.19. The molecule has 0 aromatic carbocycles. The van der Waals surface area contributed by atoms with Crippen LogP contribution in [0.3, 0.4) is 0 Å². The molecule has 2 rings (SSSR count). The summed E-state index contributed by atoms with van der Waals surface area (Å²) in [5.41, 5.74) is 3.76. The number of alkyl halides is 3. The fraction of sp³-hybridized carbons (Fsp3) is 0.778. The van der Waals surface area contributed by atoms with E-state index in [-0.39, 0.29) is 25.3 Å². The van der Waals surface area contributed by atoms with E-state index in [2.05, 4.69) is 4.99 Å². The highest BCUT2D eigenvalue weighted by Gasteiger charge is 2.54. The quantitative estimate of drug-likeness (QED) is 0.690. The first-order valence-corrected chi connectivity index (χ1v) is 4.98. The van der Waals surface area contributed by atoms with Crippen LogP contribution in [0.25, 0.3) is 0 Å². The summed E-state index contributed by atoms with van der Waals surface area (Å²) in [4.78, 5) is 14.8. The molecule has 1 spiro atoms.